The van der Waals surface area contributed by atoms with Gasteiger partial charge in [-0.2, -0.15) is 0 Å². The van der Waals surface area contributed by atoms with Crippen molar-refractivity contribution in [3.8, 4) is 5.75 Å². The molecule has 0 spiro atoms. The number of rotatable bonds is 8. The van der Waals surface area contributed by atoms with Crippen molar-refractivity contribution in [3.05, 3.63) is 47.5 Å². The minimum atomic E-state index is -3.49. The number of fused-ring (bicyclic) bond motifs is 1. The molecule has 27 heavy (non-hydrogen) atoms. The van der Waals surface area contributed by atoms with Crippen molar-refractivity contribution in [1.29, 1.82) is 0 Å². The summed E-state index contributed by atoms with van der Waals surface area (Å²) >= 11 is 7.30. The maximum atomic E-state index is 12.2. The van der Waals surface area contributed by atoms with Crippen molar-refractivity contribution in [2.45, 2.75) is 16.5 Å². The molecule has 0 aliphatic heterocycles. The number of thioether (sulfide) groups is 1. The van der Waals surface area contributed by atoms with Gasteiger partial charge in [-0.15, -0.1) is 0 Å². The van der Waals surface area contributed by atoms with Crippen LogP contribution in [0.2, 0.25) is 5.02 Å². The van der Waals surface area contributed by atoms with Crippen LogP contribution in [0.25, 0.3) is 11.1 Å². The molecule has 0 saturated heterocycles. The summed E-state index contributed by atoms with van der Waals surface area (Å²) in [5.74, 6) is 1.55. The second kappa shape index (κ2) is 8.52. The molecule has 0 unspecified atom stereocenters. The maximum Gasteiger partial charge on any atom is 0.256 e. The molecule has 9 heteroatoms. The first kappa shape index (κ1) is 20.0. The van der Waals surface area contributed by atoms with Crippen molar-refractivity contribution < 1.29 is 17.6 Å². The Morgan fingerprint density at radius 1 is 1.19 bits per heavy atom. The van der Waals surface area contributed by atoms with E-state index in [0.717, 1.165) is 17.9 Å². The molecule has 0 atom stereocenters. The van der Waals surface area contributed by atoms with E-state index in [1.165, 1.54) is 42.3 Å². The smallest absolute Gasteiger partial charge is 0.256 e. The van der Waals surface area contributed by atoms with Gasteiger partial charge in [0.1, 0.15) is 11.3 Å². The third kappa shape index (κ3) is 4.95. The summed E-state index contributed by atoms with van der Waals surface area (Å²) in [6.07, 6.45) is 0.812. The Morgan fingerprint density at radius 3 is 2.63 bits per heavy atom. The molecule has 0 radical (unpaired) electrons. The van der Waals surface area contributed by atoms with Gasteiger partial charge in [0, 0.05) is 24.9 Å². The van der Waals surface area contributed by atoms with Crippen molar-refractivity contribution in [1.82, 2.24) is 9.29 Å². The molecule has 0 bridgehead atoms. The van der Waals surface area contributed by atoms with Crippen molar-refractivity contribution in [2.24, 2.45) is 0 Å². The third-order valence-corrected chi connectivity index (χ3v) is 6.69. The Labute approximate surface area is 167 Å². The molecule has 0 aliphatic carbocycles. The van der Waals surface area contributed by atoms with Gasteiger partial charge < -0.3 is 9.15 Å². The van der Waals surface area contributed by atoms with E-state index in [4.69, 9.17) is 20.8 Å². The summed E-state index contributed by atoms with van der Waals surface area (Å²) in [4.78, 5) is 4.57. The van der Waals surface area contributed by atoms with Gasteiger partial charge in [-0.05, 0) is 48.9 Å². The van der Waals surface area contributed by atoms with Crippen LogP contribution in [0.5, 0.6) is 5.75 Å². The fourth-order valence-corrected chi connectivity index (χ4v) is 4.05. The first-order valence-electron chi connectivity index (χ1n) is 8.20. The van der Waals surface area contributed by atoms with E-state index in [2.05, 4.69) is 4.98 Å². The van der Waals surface area contributed by atoms with E-state index in [1.807, 2.05) is 12.1 Å². The van der Waals surface area contributed by atoms with Crippen LogP contribution in [0.3, 0.4) is 0 Å². The molecule has 144 valence electrons. The van der Waals surface area contributed by atoms with Gasteiger partial charge >= 0.3 is 0 Å². The topological polar surface area (TPSA) is 72.6 Å². The zero-order chi connectivity index (χ0) is 19.4. The fourth-order valence-electron chi connectivity index (χ4n) is 2.26. The van der Waals surface area contributed by atoms with Gasteiger partial charge in [-0.3, -0.25) is 0 Å². The number of benzene rings is 2. The van der Waals surface area contributed by atoms with Gasteiger partial charge in [0.05, 0.1) is 11.5 Å². The number of hydrogen-bond acceptors (Lipinski definition) is 6. The Bertz CT molecular complexity index is 1020. The highest BCUT2D eigenvalue weighted by atomic mass is 35.5. The molecule has 3 rings (SSSR count). The van der Waals surface area contributed by atoms with Crippen molar-refractivity contribution in [3.63, 3.8) is 0 Å². The number of oxazole rings is 1. The quantitative estimate of drug-likeness (QED) is 0.395. The molecule has 1 heterocycles. The van der Waals surface area contributed by atoms with Gasteiger partial charge in [-0.1, -0.05) is 23.4 Å². The van der Waals surface area contributed by atoms with E-state index in [9.17, 15) is 8.42 Å². The number of sulfonamides is 1. The predicted octanol–water partition coefficient (Wildman–Crippen LogP) is 4.29. The summed E-state index contributed by atoms with van der Waals surface area (Å²) in [5, 5.41) is 1.19. The first-order chi connectivity index (χ1) is 12.9. The second-order valence-corrected chi connectivity index (χ2v) is 9.54. The van der Waals surface area contributed by atoms with E-state index >= 15 is 0 Å². The number of halogens is 1. The van der Waals surface area contributed by atoms with Gasteiger partial charge in [0.25, 0.3) is 5.22 Å². The predicted molar refractivity (Wildman–Crippen MR) is 107 cm³/mol. The van der Waals surface area contributed by atoms with Crippen LogP contribution in [0.15, 0.2) is 57.0 Å². The minimum absolute atomic E-state index is 0.196. The van der Waals surface area contributed by atoms with Crippen LogP contribution in [0.1, 0.15) is 6.42 Å². The lowest BCUT2D eigenvalue weighted by Crippen LogP contribution is -2.22. The van der Waals surface area contributed by atoms with Gasteiger partial charge in [-0.25, -0.2) is 17.7 Å². The van der Waals surface area contributed by atoms with E-state index < -0.39 is 10.0 Å². The zero-order valence-electron chi connectivity index (χ0n) is 14.9. The molecule has 0 amide bonds. The summed E-state index contributed by atoms with van der Waals surface area (Å²) in [7, 11) is -0.501. The average molecular weight is 427 g/mol. The molecular formula is C18H19ClN2O4S2. The average Bonchev–Trinajstić information content (AvgIpc) is 3.04. The number of aromatic nitrogens is 1. The molecule has 2 aromatic carbocycles. The number of ether oxygens (including phenoxy) is 1. The molecule has 1 aromatic heterocycles. The van der Waals surface area contributed by atoms with Crippen LogP contribution in [-0.2, 0) is 10.0 Å². The van der Waals surface area contributed by atoms with Crippen LogP contribution in [0, 0.1) is 0 Å². The van der Waals surface area contributed by atoms with Gasteiger partial charge in [0.15, 0.2) is 5.58 Å². The van der Waals surface area contributed by atoms with Crippen molar-refractivity contribution >= 4 is 44.5 Å². The second-order valence-electron chi connectivity index (χ2n) is 5.90. The lowest BCUT2D eigenvalue weighted by atomic mass is 10.3. The molecule has 0 aliphatic rings. The molecular weight excluding hydrogens is 408 g/mol. The SMILES string of the molecule is CN(C)S(=O)(=O)c1ccc2oc(SCCCOc3ccc(Cl)cc3)nc2c1. The number of nitrogens with zero attached hydrogens (tertiary/aromatic N) is 2. The van der Waals surface area contributed by atoms with Crippen LogP contribution < -0.4 is 4.74 Å². The first-order valence-corrected chi connectivity index (χ1v) is 11.0. The lowest BCUT2D eigenvalue weighted by Gasteiger charge is -2.10. The van der Waals surface area contributed by atoms with Crippen LogP contribution in [-0.4, -0.2) is 44.2 Å². The Kier molecular flexibility index (Phi) is 6.31. The van der Waals surface area contributed by atoms with E-state index in [0.29, 0.717) is 28.0 Å². The monoisotopic (exact) mass is 426 g/mol. The van der Waals surface area contributed by atoms with E-state index in [-0.39, 0.29) is 4.90 Å². The maximum absolute atomic E-state index is 12.2. The molecule has 0 fully saturated rings. The van der Waals surface area contributed by atoms with Crippen LogP contribution >= 0.6 is 23.4 Å². The van der Waals surface area contributed by atoms with Crippen LogP contribution in [0.4, 0.5) is 0 Å². The number of hydrogen-bond donors (Lipinski definition) is 0. The molecule has 6 nitrogen and oxygen atoms in total. The summed E-state index contributed by atoms with van der Waals surface area (Å²) in [6.45, 7) is 0.570. The van der Waals surface area contributed by atoms with E-state index in [1.54, 1.807) is 18.2 Å². The summed E-state index contributed by atoms with van der Waals surface area (Å²) in [6, 6.07) is 11.9. The highest BCUT2D eigenvalue weighted by Gasteiger charge is 2.18. The summed E-state index contributed by atoms with van der Waals surface area (Å²) < 4.78 is 36.9. The third-order valence-electron chi connectivity index (χ3n) is 3.71. The molecule has 0 N–H and O–H groups in total. The highest BCUT2D eigenvalue weighted by molar-refractivity contribution is 7.99. The normalized spacial score (nSPS) is 12.0. The standard InChI is InChI=1S/C18H19ClN2O4S2/c1-21(2)27(22,23)15-8-9-17-16(12-15)20-18(25-17)26-11-3-10-24-14-6-4-13(19)5-7-14/h4-9,12H,3,10-11H2,1-2H3. The largest absolute Gasteiger partial charge is 0.494 e. The highest BCUT2D eigenvalue weighted by Crippen LogP contribution is 2.26. The fraction of sp³-hybridized carbons (Fsp3) is 0.278. The van der Waals surface area contributed by atoms with Crippen molar-refractivity contribution in [2.75, 3.05) is 26.5 Å². The van der Waals surface area contributed by atoms with Gasteiger partial charge in [0.2, 0.25) is 10.0 Å². The Hall–Kier alpha value is -1.74. The minimum Gasteiger partial charge on any atom is -0.494 e. The Balaban J connectivity index is 1.55. The Morgan fingerprint density at radius 2 is 1.93 bits per heavy atom. The molecule has 3 aromatic rings. The zero-order valence-corrected chi connectivity index (χ0v) is 17.3. The summed E-state index contributed by atoms with van der Waals surface area (Å²) in [5.41, 5.74) is 1.09. The molecule has 0 saturated carbocycles. The lowest BCUT2D eigenvalue weighted by molar-refractivity contribution is 0.318.